The lowest BCUT2D eigenvalue weighted by atomic mass is 9.97. The van der Waals surface area contributed by atoms with Crippen molar-refractivity contribution in [3.63, 3.8) is 0 Å². The Kier molecular flexibility index (Phi) is 6.51. The van der Waals surface area contributed by atoms with E-state index in [0.717, 1.165) is 10.8 Å². The van der Waals surface area contributed by atoms with Crippen LogP contribution in [0.2, 0.25) is 5.02 Å². The second-order valence-electron chi connectivity index (χ2n) is 6.99. The maximum absolute atomic E-state index is 12.4. The van der Waals surface area contributed by atoms with E-state index in [0.29, 0.717) is 5.95 Å². The number of halogens is 1. The lowest BCUT2D eigenvalue weighted by Gasteiger charge is -2.38. The molecule has 3 heterocycles. The van der Waals surface area contributed by atoms with Crippen LogP contribution in [0.25, 0.3) is 0 Å². The van der Waals surface area contributed by atoms with Crippen LogP contribution >= 0.6 is 11.6 Å². The first-order chi connectivity index (χ1) is 14.2. The SMILES string of the molecule is CN(C)c1ncc(C(=O)N[C@@H]2CO[C@H](Cn3cc(Cl)c(=O)[nH]c3=O)[C@@H](O)[C@H]2O)cn1. The number of amides is 1. The summed E-state index contributed by atoms with van der Waals surface area (Å²) in [4.78, 5) is 47.4. The average Bonchev–Trinajstić information content (AvgIpc) is 2.71. The second-order valence-corrected chi connectivity index (χ2v) is 7.39. The van der Waals surface area contributed by atoms with Gasteiger partial charge in [-0.3, -0.25) is 19.1 Å². The molecule has 1 aliphatic heterocycles. The van der Waals surface area contributed by atoms with Crippen LogP contribution in [-0.4, -0.2) is 80.7 Å². The molecule has 1 fully saturated rings. The topological polar surface area (TPSA) is 163 Å². The summed E-state index contributed by atoms with van der Waals surface area (Å²) in [6.45, 7) is -0.273. The number of aromatic nitrogens is 4. The van der Waals surface area contributed by atoms with Crippen LogP contribution in [0, 0.1) is 0 Å². The Hall–Kier alpha value is -2.80. The smallest absolute Gasteiger partial charge is 0.328 e. The highest BCUT2D eigenvalue weighted by Crippen LogP contribution is 2.18. The molecule has 162 valence electrons. The highest BCUT2D eigenvalue weighted by Gasteiger charge is 2.39. The van der Waals surface area contributed by atoms with Crippen LogP contribution in [0.4, 0.5) is 5.95 Å². The minimum Gasteiger partial charge on any atom is -0.388 e. The standard InChI is InChI=1S/C17H21ClN6O6/c1-23(2)16-19-3-8(4-20-16)14(27)21-10-7-30-11(13(26)12(10)25)6-24-5-9(18)15(28)22-17(24)29/h3-5,10-13,25-26H,6-7H2,1-2H3,(H,21,27)(H,22,28,29)/t10-,11-,12+,13-/m1/s1. The van der Waals surface area contributed by atoms with Crippen molar-refractivity contribution in [2.75, 3.05) is 25.6 Å². The molecule has 1 saturated heterocycles. The lowest BCUT2D eigenvalue weighted by Crippen LogP contribution is -2.60. The molecule has 0 aromatic carbocycles. The van der Waals surface area contributed by atoms with Gasteiger partial charge in [-0.05, 0) is 0 Å². The van der Waals surface area contributed by atoms with Crippen LogP contribution in [-0.2, 0) is 11.3 Å². The normalized spacial score (nSPS) is 23.8. The van der Waals surface area contributed by atoms with E-state index in [1.807, 2.05) is 4.98 Å². The van der Waals surface area contributed by atoms with Crippen LogP contribution in [0.1, 0.15) is 10.4 Å². The van der Waals surface area contributed by atoms with Crippen LogP contribution in [0.5, 0.6) is 0 Å². The molecule has 0 radical (unpaired) electrons. The van der Waals surface area contributed by atoms with Gasteiger partial charge in [-0.2, -0.15) is 0 Å². The third-order valence-electron chi connectivity index (χ3n) is 4.59. The van der Waals surface area contributed by atoms with Gasteiger partial charge in [0.1, 0.15) is 23.3 Å². The minimum atomic E-state index is -1.41. The number of aliphatic hydroxyl groups is 2. The second kappa shape index (κ2) is 8.92. The fourth-order valence-electron chi connectivity index (χ4n) is 2.90. The van der Waals surface area contributed by atoms with Crippen molar-refractivity contribution in [2.24, 2.45) is 0 Å². The number of aliphatic hydroxyl groups excluding tert-OH is 2. The summed E-state index contributed by atoms with van der Waals surface area (Å²) < 4.78 is 6.59. The summed E-state index contributed by atoms with van der Waals surface area (Å²) in [5.41, 5.74) is -1.28. The van der Waals surface area contributed by atoms with Gasteiger partial charge < -0.3 is 25.2 Å². The number of H-pyrrole nitrogens is 1. The molecule has 30 heavy (non-hydrogen) atoms. The Labute approximate surface area is 175 Å². The maximum atomic E-state index is 12.4. The van der Waals surface area contributed by atoms with Gasteiger partial charge in [-0.15, -0.1) is 0 Å². The zero-order valence-corrected chi connectivity index (χ0v) is 16.9. The van der Waals surface area contributed by atoms with Crippen LogP contribution in [0.3, 0.4) is 0 Å². The quantitative estimate of drug-likeness (QED) is 0.410. The monoisotopic (exact) mass is 440 g/mol. The molecule has 12 nitrogen and oxygen atoms in total. The van der Waals surface area contributed by atoms with E-state index in [2.05, 4.69) is 15.3 Å². The van der Waals surface area contributed by atoms with Crippen molar-refractivity contribution in [1.29, 1.82) is 0 Å². The van der Waals surface area contributed by atoms with Crippen LogP contribution in [0.15, 0.2) is 28.2 Å². The molecule has 2 aromatic rings. The Bertz CT molecular complexity index is 1020. The van der Waals surface area contributed by atoms with E-state index in [9.17, 15) is 24.6 Å². The number of anilines is 1. The summed E-state index contributed by atoms with van der Waals surface area (Å²) in [5.74, 6) is -0.106. The molecule has 2 aromatic heterocycles. The zero-order chi connectivity index (χ0) is 22.0. The van der Waals surface area contributed by atoms with E-state index in [4.69, 9.17) is 16.3 Å². The number of rotatable bonds is 5. The fraction of sp³-hybridized carbons (Fsp3) is 0.471. The molecule has 13 heteroatoms. The maximum Gasteiger partial charge on any atom is 0.328 e. The number of hydrogen-bond donors (Lipinski definition) is 4. The van der Waals surface area contributed by atoms with Crippen molar-refractivity contribution >= 4 is 23.5 Å². The summed E-state index contributed by atoms with van der Waals surface area (Å²) in [6, 6.07) is -0.895. The van der Waals surface area contributed by atoms with Crippen molar-refractivity contribution < 1.29 is 19.7 Å². The molecule has 0 spiro atoms. The predicted molar refractivity (Wildman–Crippen MR) is 106 cm³/mol. The number of aromatic amines is 1. The fourth-order valence-corrected chi connectivity index (χ4v) is 3.07. The summed E-state index contributed by atoms with van der Waals surface area (Å²) >= 11 is 5.72. The Balaban J connectivity index is 1.64. The third-order valence-corrected chi connectivity index (χ3v) is 4.86. The largest absolute Gasteiger partial charge is 0.388 e. The minimum absolute atomic E-state index is 0.114. The molecule has 1 aliphatic rings. The zero-order valence-electron chi connectivity index (χ0n) is 16.1. The van der Waals surface area contributed by atoms with Gasteiger partial charge >= 0.3 is 5.69 Å². The first-order valence-corrected chi connectivity index (χ1v) is 9.32. The van der Waals surface area contributed by atoms with Gasteiger partial charge in [0.2, 0.25) is 5.95 Å². The number of ether oxygens (including phenoxy) is 1. The van der Waals surface area contributed by atoms with E-state index in [1.54, 1.807) is 19.0 Å². The lowest BCUT2D eigenvalue weighted by molar-refractivity contribution is -0.152. The van der Waals surface area contributed by atoms with Crippen molar-refractivity contribution in [3.05, 3.63) is 50.0 Å². The number of nitrogens with one attached hydrogen (secondary N) is 2. The molecule has 0 unspecified atom stereocenters. The predicted octanol–water partition coefficient (Wildman–Crippen LogP) is -2.03. The van der Waals surface area contributed by atoms with E-state index < -0.39 is 41.5 Å². The van der Waals surface area contributed by atoms with Crippen molar-refractivity contribution in [2.45, 2.75) is 30.9 Å². The average molecular weight is 441 g/mol. The number of carbonyl (C=O) groups excluding carboxylic acids is 1. The van der Waals surface area contributed by atoms with Crippen molar-refractivity contribution in [3.8, 4) is 0 Å². The van der Waals surface area contributed by atoms with Gasteiger partial charge in [0.25, 0.3) is 11.5 Å². The van der Waals surface area contributed by atoms with Gasteiger partial charge in [-0.25, -0.2) is 14.8 Å². The first kappa shape index (κ1) is 21.9. The molecule has 4 N–H and O–H groups in total. The summed E-state index contributed by atoms with van der Waals surface area (Å²) in [5, 5.41) is 23.2. The van der Waals surface area contributed by atoms with Gasteiger partial charge in [0, 0.05) is 32.7 Å². The van der Waals surface area contributed by atoms with E-state index >= 15 is 0 Å². The third kappa shape index (κ3) is 4.67. The molecular formula is C17H21ClN6O6. The van der Waals surface area contributed by atoms with E-state index in [1.165, 1.54) is 12.4 Å². The molecule has 0 bridgehead atoms. The van der Waals surface area contributed by atoms with Gasteiger partial charge in [-0.1, -0.05) is 11.6 Å². The Morgan fingerprint density at radius 3 is 2.63 bits per heavy atom. The van der Waals surface area contributed by atoms with Gasteiger partial charge in [0.05, 0.1) is 24.8 Å². The van der Waals surface area contributed by atoms with Gasteiger partial charge in [0.15, 0.2) is 0 Å². The number of carbonyl (C=O) groups is 1. The molecule has 4 atom stereocenters. The van der Waals surface area contributed by atoms with E-state index in [-0.39, 0.29) is 23.7 Å². The van der Waals surface area contributed by atoms with Crippen LogP contribution < -0.4 is 21.5 Å². The molecule has 0 aliphatic carbocycles. The number of hydrogen-bond acceptors (Lipinski definition) is 9. The Morgan fingerprint density at radius 2 is 2.00 bits per heavy atom. The number of nitrogens with zero attached hydrogens (tertiary/aromatic N) is 4. The van der Waals surface area contributed by atoms with Crippen molar-refractivity contribution in [1.82, 2.24) is 24.8 Å². The molecular weight excluding hydrogens is 420 g/mol. The summed E-state index contributed by atoms with van der Waals surface area (Å²) in [6.07, 6.45) is 0.0860. The molecule has 0 saturated carbocycles. The molecule has 3 rings (SSSR count). The molecule has 1 amide bonds. The highest BCUT2D eigenvalue weighted by atomic mass is 35.5. The summed E-state index contributed by atoms with van der Waals surface area (Å²) in [7, 11) is 3.52. The highest BCUT2D eigenvalue weighted by molar-refractivity contribution is 6.30. The first-order valence-electron chi connectivity index (χ1n) is 8.94. The Morgan fingerprint density at radius 1 is 1.33 bits per heavy atom.